The van der Waals surface area contributed by atoms with E-state index in [-0.39, 0.29) is 6.03 Å². The molecule has 0 aromatic heterocycles. The second-order valence-corrected chi connectivity index (χ2v) is 8.56. The lowest BCUT2D eigenvalue weighted by molar-refractivity contribution is -0.136. The first-order valence-electron chi connectivity index (χ1n) is 11.3. The Bertz CT molecular complexity index is 1060. The quantitative estimate of drug-likeness (QED) is 0.586. The number of anilines is 1. The summed E-state index contributed by atoms with van der Waals surface area (Å²) in [5.74, 6) is 0.133. The number of urea groups is 1. The van der Waals surface area contributed by atoms with Crippen molar-refractivity contribution in [3.05, 3.63) is 70.4 Å². The van der Waals surface area contributed by atoms with Crippen LogP contribution in [0.3, 0.4) is 0 Å². The van der Waals surface area contributed by atoms with Crippen LogP contribution < -0.4 is 20.3 Å². The van der Waals surface area contributed by atoms with Crippen molar-refractivity contribution in [2.45, 2.75) is 13.0 Å². The summed E-state index contributed by atoms with van der Waals surface area (Å²) in [5, 5.41) is 6.43. The van der Waals surface area contributed by atoms with Crippen molar-refractivity contribution < 1.29 is 19.1 Å². The van der Waals surface area contributed by atoms with Gasteiger partial charge in [0.05, 0.1) is 25.3 Å². The number of piperazine rings is 1. The zero-order chi connectivity index (χ0) is 24.1. The van der Waals surface area contributed by atoms with Crippen LogP contribution in [0.5, 0.6) is 5.75 Å². The molecule has 2 aromatic carbocycles. The number of hydrogen-bond donors (Lipinski definition) is 2. The number of hydrogen-bond acceptors (Lipinski definition) is 6. The van der Waals surface area contributed by atoms with E-state index in [2.05, 4.69) is 20.4 Å². The SMILES string of the molecule is CCOc1ccccc1[C@H]1NC(=O)NC(CN2CCN(c3ccc(Cl)cc3)CC2)=C1C(=O)OC. The highest BCUT2D eigenvalue weighted by Gasteiger charge is 2.35. The highest BCUT2D eigenvalue weighted by Crippen LogP contribution is 2.34. The molecule has 34 heavy (non-hydrogen) atoms. The highest BCUT2D eigenvalue weighted by atomic mass is 35.5. The van der Waals surface area contributed by atoms with E-state index in [9.17, 15) is 9.59 Å². The zero-order valence-electron chi connectivity index (χ0n) is 19.3. The first-order chi connectivity index (χ1) is 16.5. The van der Waals surface area contributed by atoms with Gasteiger partial charge in [-0.1, -0.05) is 29.8 Å². The van der Waals surface area contributed by atoms with Crippen molar-refractivity contribution in [3.63, 3.8) is 0 Å². The van der Waals surface area contributed by atoms with E-state index in [1.54, 1.807) is 0 Å². The average Bonchev–Trinajstić information content (AvgIpc) is 2.85. The van der Waals surface area contributed by atoms with E-state index < -0.39 is 12.0 Å². The van der Waals surface area contributed by atoms with Crippen LogP contribution in [0, 0.1) is 0 Å². The lowest BCUT2D eigenvalue weighted by Crippen LogP contribution is -2.51. The second-order valence-electron chi connectivity index (χ2n) is 8.13. The number of ether oxygens (including phenoxy) is 2. The summed E-state index contributed by atoms with van der Waals surface area (Å²) in [6, 6.07) is 14.2. The molecule has 1 saturated heterocycles. The number of methoxy groups -OCH3 is 1. The molecular weight excluding hydrogens is 456 g/mol. The largest absolute Gasteiger partial charge is 0.494 e. The lowest BCUT2D eigenvalue weighted by Gasteiger charge is -2.38. The number of nitrogens with one attached hydrogen (secondary N) is 2. The van der Waals surface area contributed by atoms with Gasteiger partial charge in [0, 0.05) is 54.7 Å². The molecule has 2 aliphatic rings. The van der Waals surface area contributed by atoms with E-state index in [1.165, 1.54) is 7.11 Å². The van der Waals surface area contributed by atoms with Crippen molar-refractivity contribution in [1.29, 1.82) is 0 Å². The molecule has 8 nitrogen and oxygen atoms in total. The zero-order valence-corrected chi connectivity index (χ0v) is 20.1. The summed E-state index contributed by atoms with van der Waals surface area (Å²) in [6.45, 7) is 6.01. The van der Waals surface area contributed by atoms with Crippen LogP contribution in [0.2, 0.25) is 5.02 Å². The number of halogens is 1. The van der Waals surface area contributed by atoms with Gasteiger partial charge in [0.25, 0.3) is 0 Å². The number of carbonyl (C=O) groups excluding carboxylic acids is 2. The van der Waals surface area contributed by atoms with Crippen molar-refractivity contribution in [3.8, 4) is 5.75 Å². The minimum absolute atomic E-state index is 0.362. The monoisotopic (exact) mass is 484 g/mol. The van der Waals surface area contributed by atoms with Crippen LogP contribution in [0.4, 0.5) is 10.5 Å². The van der Waals surface area contributed by atoms with Gasteiger partial charge in [-0.05, 0) is 37.3 Å². The van der Waals surface area contributed by atoms with E-state index in [0.717, 1.165) is 31.9 Å². The average molecular weight is 485 g/mol. The van der Waals surface area contributed by atoms with Crippen molar-refractivity contribution in [2.24, 2.45) is 0 Å². The summed E-state index contributed by atoms with van der Waals surface area (Å²) >= 11 is 6.01. The third-order valence-electron chi connectivity index (χ3n) is 6.03. The Hall–Kier alpha value is -3.23. The Morgan fingerprint density at radius 3 is 2.47 bits per heavy atom. The molecule has 2 heterocycles. The minimum atomic E-state index is -0.672. The molecule has 1 fully saturated rings. The van der Waals surface area contributed by atoms with Gasteiger partial charge >= 0.3 is 12.0 Å². The Morgan fingerprint density at radius 2 is 1.79 bits per heavy atom. The minimum Gasteiger partial charge on any atom is -0.494 e. The van der Waals surface area contributed by atoms with Gasteiger partial charge < -0.3 is 25.0 Å². The third kappa shape index (κ3) is 5.29. The summed E-state index contributed by atoms with van der Waals surface area (Å²) in [7, 11) is 1.35. The first kappa shape index (κ1) is 23.9. The molecule has 2 amide bonds. The van der Waals surface area contributed by atoms with Gasteiger partial charge in [-0.2, -0.15) is 0 Å². The van der Waals surface area contributed by atoms with Gasteiger partial charge in [-0.15, -0.1) is 0 Å². The Labute approximate surface area is 204 Å². The third-order valence-corrected chi connectivity index (χ3v) is 6.29. The fraction of sp³-hybridized carbons (Fsp3) is 0.360. The number of nitrogens with zero attached hydrogens (tertiary/aromatic N) is 2. The van der Waals surface area contributed by atoms with Crippen LogP contribution in [-0.2, 0) is 9.53 Å². The summed E-state index contributed by atoms with van der Waals surface area (Å²) < 4.78 is 10.9. The predicted molar refractivity (Wildman–Crippen MR) is 131 cm³/mol. The molecule has 4 rings (SSSR count). The van der Waals surface area contributed by atoms with Crippen LogP contribution in [0.1, 0.15) is 18.5 Å². The smallest absolute Gasteiger partial charge is 0.338 e. The number of rotatable bonds is 7. The summed E-state index contributed by atoms with van der Waals surface area (Å²) in [6.07, 6.45) is 0. The van der Waals surface area contributed by atoms with Gasteiger partial charge in [-0.3, -0.25) is 4.90 Å². The molecule has 9 heteroatoms. The molecule has 0 aliphatic carbocycles. The number of esters is 1. The standard InChI is InChI=1S/C25H29ClN4O4/c1-3-34-21-7-5-4-6-19(21)23-22(24(31)33-2)20(27-25(32)28-23)16-29-12-14-30(15-13-29)18-10-8-17(26)9-11-18/h4-11,23H,3,12-16H2,1-2H3,(H2,27,28,32)/t23-/m1/s1. The number of amides is 2. The molecule has 0 bridgehead atoms. The number of para-hydroxylation sites is 1. The molecule has 0 unspecified atom stereocenters. The Balaban J connectivity index is 1.57. The molecule has 0 saturated carbocycles. The van der Waals surface area contributed by atoms with E-state index in [4.69, 9.17) is 21.1 Å². The predicted octanol–water partition coefficient (Wildman–Crippen LogP) is 3.34. The van der Waals surface area contributed by atoms with Gasteiger partial charge in [0.1, 0.15) is 5.75 Å². The van der Waals surface area contributed by atoms with Crippen molar-refractivity contribution >= 4 is 29.3 Å². The van der Waals surface area contributed by atoms with Gasteiger partial charge in [-0.25, -0.2) is 9.59 Å². The van der Waals surface area contributed by atoms with E-state index in [0.29, 0.717) is 40.8 Å². The maximum Gasteiger partial charge on any atom is 0.338 e. The molecule has 2 N–H and O–H groups in total. The molecule has 180 valence electrons. The normalized spacial score (nSPS) is 18.9. The molecule has 1 atom stereocenters. The molecule has 2 aromatic rings. The number of benzene rings is 2. The van der Waals surface area contributed by atoms with Crippen molar-refractivity contribution in [2.75, 3.05) is 51.3 Å². The van der Waals surface area contributed by atoms with E-state index >= 15 is 0 Å². The molecule has 0 spiro atoms. The molecule has 0 radical (unpaired) electrons. The maximum atomic E-state index is 12.9. The number of carbonyl (C=O) groups is 2. The van der Waals surface area contributed by atoms with Gasteiger partial charge in [0.15, 0.2) is 0 Å². The Morgan fingerprint density at radius 1 is 1.09 bits per heavy atom. The Kier molecular flexibility index (Phi) is 7.59. The van der Waals surface area contributed by atoms with Crippen LogP contribution in [-0.4, -0.2) is 63.3 Å². The molecular formula is C25H29ClN4O4. The summed E-state index contributed by atoms with van der Waals surface area (Å²) in [5.41, 5.74) is 2.77. The fourth-order valence-corrected chi connectivity index (χ4v) is 4.50. The topological polar surface area (TPSA) is 83.1 Å². The van der Waals surface area contributed by atoms with Crippen LogP contribution in [0.15, 0.2) is 59.8 Å². The second kappa shape index (κ2) is 10.8. The molecule has 2 aliphatic heterocycles. The maximum absolute atomic E-state index is 12.9. The summed E-state index contributed by atoms with van der Waals surface area (Å²) in [4.78, 5) is 30.0. The first-order valence-corrected chi connectivity index (χ1v) is 11.7. The highest BCUT2D eigenvalue weighted by molar-refractivity contribution is 6.30. The van der Waals surface area contributed by atoms with Crippen molar-refractivity contribution in [1.82, 2.24) is 15.5 Å². The lowest BCUT2D eigenvalue weighted by atomic mass is 9.94. The fourth-order valence-electron chi connectivity index (χ4n) is 4.37. The van der Waals surface area contributed by atoms with Crippen LogP contribution in [0.25, 0.3) is 0 Å². The van der Waals surface area contributed by atoms with E-state index in [1.807, 2.05) is 55.5 Å². The van der Waals surface area contributed by atoms with Gasteiger partial charge in [0.2, 0.25) is 0 Å². The van der Waals surface area contributed by atoms with Crippen LogP contribution >= 0.6 is 11.6 Å².